The number of aromatic nitrogens is 3. The van der Waals surface area contributed by atoms with Crippen LogP contribution >= 0.6 is 15.9 Å². The molecule has 1 amide bonds. The number of halogens is 1. The quantitative estimate of drug-likeness (QED) is 0.834. The Balaban J connectivity index is 1.99. The monoisotopic (exact) mass is 351 g/mol. The molecule has 2 N–H and O–H groups in total. The molecule has 2 rings (SSSR count). The van der Waals surface area contributed by atoms with Crippen molar-refractivity contribution in [3.63, 3.8) is 0 Å². The standard InChI is InChI=1S/C14H18BrN5O/c1-3-16-13-11(8-10(15)9-19-13)14(21)18-5-4-12-17-6-7-20(12)2/h6-9H,3-5H2,1-2H3,(H,16,19)(H,18,21). The van der Waals surface area contributed by atoms with Crippen molar-refractivity contribution in [3.8, 4) is 0 Å². The van der Waals surface area contributed by atoms with Gasteiger partial charge in [0.25, 0.3) is 5.91 Å². The number of hydrogen-bond donors (Lipinski definition) is 2. The van der Waals surface area contributed by atoms with Gasteiger partial charge in [-0.25, -0.2) is 9.97 Å². The lowest BCUT2D eigenvalue weighted by molar-refractivity contribution is 0.0954. The van der Waals surface area contributed by atoms with Crippen LogP contribution in [0.1, 0.15) is 23.1 Å². The van der Waals surface area contributed by atoms with E-state index in [1.165, 1.54) is 0 Å². The van der Waals surface area contributed by atoms with E-state index >= 15 is 0 Å². The Bertz CT molecular complexity index is 626. The van der Waals surface area contributed by atoms with Crippen molar-refractivity contribution in [1.29, 1.82) is 0 Å². The molecule has 2 aromatic heterocycles. The SMILES string of the molecule is CCNc1ncc(Br)cc1C(=O)NCCc1nccn1C. The average molecular weight is 352 g/mol. The molecular formula is C14H18BrN5O. The van der Waals surface area contributed by atoms with Gasteiger partial charge in [-0.3, -0.25) is 4.79 Å². The maximum absolute atomic E-state index is 12.3. The van der Waals surface area contributed by atoms with Crippen LogP contribution in [0.5, 0.6) is 0 Å². The third kappa shape index (κ3) is 4.04. The van der Waals surface area contributed by atoms with Gasteiger partial charge in [-0.15, -0.1) is 0 Å². The summed E-state index contributed by atoms with van der Waals surface area (Å²) in [6.07, 6.45) is 5.99. The van der Waals surface area contributed by atoms with E-state index in [1.54, 1.807) is 18.5 Å². The first-order valence-corrected chi connectivity index (χ1v) is 7.55. The lowest BCUT2D eigenvalue weighted by Crippen LogP contribution is -2.27. The van der Waals surface area contributed by atoms with E-state index < -0.39 is 0 Å². The van der Waals surface area contributed by atoms with E-state index in [2.05, 4.69) is 36.5 Å². The van der Waals surface area contributed by atoms with Crippen molar-refractivity contribution in [2.75, 3.05) is 18.4 Å². The summed E-state index contributed by atoms with van der Waals surface area (Å²) in [6, 6.07) is 1.76. The molecule has 2 aromatic rings. The molecule has 0 radical (unpaired) electrons. The summed E-state index contributed by atoms with van der Waals surface area (Å²) in [5.41, 5.74) is 0.533. The number of pyridine rings is 1. The van der Waals surface area contributed by atoms with E-state index in [4.69, 9.17) is 0 Å². The van der Waals surface area contributed by atoms with Gasteiger partial charge in [0.1, 0.15) is 11.6 Å². The Hall–Kier alpha value is -1.89. The molecule has 0 aliphatic rings. The molecule has 0 aliphatic heterocycles. The summed E-state index contributed by atoms with van der Waals surface area (Å²) < 4.78 is 2.72. The Morgan fingerprint density at radius 2 is 2.24 bits per heavy atom. The molecule has 0 atom stereocenters. The van der Waals surface area contributed by atoms with Crippen LogP contribution in [0.15, 0.2) is 29.1 Å². The Labute approximate surface area is 132 Å². The smallest absolute Gasteiger partial charge is 0.255 e. The fourth-order valence-electron chi connectivity index (χ4n) is 1.94. The number of nitrogens with zero attached hydrogens (tertiary/aromatic N) is 3. The molecule has 0 bridgehead atoms. The number of carbonyl (C=O) groups is 1. The fourth-order valence-corrected chi connectivity index (χ4v) is 2.27. The number of imidazole rings is 1. The van der Waals surface area contributed by atoms with Crippen LogP contribution in [-0.2, 0) is 13.5 Å². The highest BCUT2D eigenvalue weighted by Gasteiger charge is 2.13. The summed E-state index contributed by atoms with van der Waals surface area (Å²) in [5, 5.41) is 5.99. The lowest BCUT2D eigenvalue weighted by Gasteiger charge is -2.10. The highest BCUT2D eigenvalue weighted by Crippen LogP contribution is 2.17. The molecule has 112 valence electrons. The van der Waals surface area contributed by atoms with Gasteiger partial charge in [0, 0.05) is 49.6 Å². The van der Waals surface area contributed by atoms with Crippen molar-refractivity contribution in [1.82, 2.24) is 19.9 Å². The number of anilines is 1. The zero-order valence-corrected chi connectivity index (χ0v) is 13.6. The lowest BCUT2D eigenvalue weighted by atomic mass is 10.2. The summed E-state index contributed by atoms with van der Waals surface area (Å²) in [5.74, 6) is 1.39. The van der Waals surface area contributed by atoms with Crippen molar-refractivity contribution in [3.05, 3.63) is 40.5 Å². The van der Waals surface area contributed by atoms with Gasteiger partial charge < -0.3 is 15.2 Å². The van der Waals surface area contributed by atoms with Crippen LogP contribution < -0.4 is 10.6 Å². The Morgan fingerprint density at radius 3 is 2.90 bits per heavy atom. The molecule has 0 spiro atoms. The van der Waals surface area contributed by atoms with E-state index in [0.717, 1.165) is 10.3 Å². The number of rotatable bonds is 6. The number of aryl methyl sites for hydroxylation is 1. The number of amides is 1. The molecule has 0 saturated carbocycles. The van der Waals surface area contributed by atoms with Gasteiger partial charge in [-0.05, 0) is 28.9 Å². The molecule has 7 heteroatoms. The molecule has 0 aromatic carbocycles. The Morgan fingerprint density at radius 1 is 1.43 bits per heavy atom. The minimum absolute atomic E-state index is 0.144. The second-order valence-electron chi connectivity index (χ2n) is 4.54. The van der Waals surface area contributed by atoms with Crippen LogP contribution in [0.4, 0.5) is 5.82 Å². The minimum Gasteiger partial charge on any atom is -0.370 e. The first-order valence-electron chi connectivity index (χ1n) is 6.75. The molecule has 21 heavy (non-hydrogen) atoms. The molecule has 0 unspecified atom stereocenters. The van der Waals surface area contributed by atoms with Gasteiger partial charge in [0.05, 0.1) is 5.56 Å². The van der Waals surface area contributed by atoms with Crippen molar-refractivity contribution in [2.24, 2.45) is 7.05 Å². The van der Waals surface area contributed by atoms with Crippen LogP contribution in [0, 0.1) is 0 Å². The number of hydrogen-bond acceptors (Lipinski definition) is 4. The van der Waals surface area contributed by atoms with Gasteiger partial charge >= 0.3 is 0 Å². The molecule has 6 nitrogen and oxygen atoms in total. The van der Waals surface area contributed by atoms with E-state index in [0.29, 0.717) is 30.9 Å². The first kappa shape index (κ1) is 15.5. The van der Waals surface area contributed by atoms with Gasteiger partial charge in [-0.1, -0.05) is 0 Å². The minimum atomic E-state index is -0.144. The zero-order valence-electron chi connectivity index (χ0n) is 12.1. The molecule has 0 saturated heterocycles. The van der Waals surface area contributed by atoms with E-state index in [1.807, 2.05) is 24.7 Å². The third-order valence-corrected chi connectivity index (χ3v) is 3.43. The highest BCUT2D eigenvalue weighted by atomic mass is 79.9. The second-order valence-corrected chi connectivity index (χ2v) is 5.46. The molecule has 0 fully saturated rings. The normalized spacial score (nSPS) is 10.4. The molecule has 0 aliphatic carbocycles. The van der Waals surface area contributed by atoms with Gasteiger partial charge in [0.15, 0.2) is 0 Å². The predicted octanol–water partition coefficient (Wildman–Crippen LogP) is 1.98. The Kier molecular flexibility index (Phi) is 5.32. The van der Waals surface area contributed by atoms with Crippen LogP contribution in [0.2, 0.25) is 0 Å². The van der Waals surface area contributed by atoms with Crippen molar-refractivity contribution < 1.29 is 4.79 Å². The average Bonchev–Trinajstić information content (AvgIpc) is 2.86. The predicted molar refractivity (Wildman–Crippen MR) is 85.3 cm³/mol. The van der Waals surface area contributed by atoms with Crippen LogP contribution in [-0.4, -0.2) is 33.5 Å². The topological polar surface area (TPSA) is 71.8 Å². The zero-order chi connectivity index (χ0) is 15.2. The van der Waals surface area contributed by atoms with Crippen LogP contribution in [0.25, 0.3) is 0 Å². The maximum atomic E-state index is 12.3. The van der Waals surface area contributed by atoms with Crippen molar-refractivity contribution in [2.45, 2.75) is 13.3 Å². The van der Waals surface area contributed by atoms with Crippen molar-refractivity contribution >= 4 is 27.7 Å². The summed E-state index contributed by atoms with van der Waals surface area (Å²) in [7, 11) is 1.94. The van der Waals surface area contributed by atoms with E-state index in [9.17, 15) is 4.79 Å². The van der Waals surface area contributed by atoms with Gasteiger partial charge in [-0.2, -0.15) is 0 Å². The van der Waals surface area contributed by atoms with Crippen LogP contribution in [0.3, 0.4) is 0 Å². The van der Waals surface area contributed by atoms with Gasteiger partial charge in [0.2, 0.25) is 0 Å². The fraction of sp³-hybridized carbons (Fsp3) is 0.357. The molecule has 2 heterocycles. The summed E-state index contributed by atoms with van der Waals surface area (Å²) in [4.78, 5) is 20.7. The second kappa shape index (κ2) is 7.21. The number of nitrogens with one attached hydrogen (secondary N) is 2. The van der Waals surface area contributed by atoms with E-state index in [-0.39, 0.29) is 5.91 Å². The molecular weight excluding hydrogens is 334 g/mol. The number of carbonyl (C=O) groups excluding carboxylic acids is 1. The first-order chi connectivity index (χ1) is 10.1. The largest absolute Gasteiger partial charge is 0.370 e. The maximum Gasteiger partial charge on any atom is 0.255 e. The third-order valence-electron chi connectivity index (χ3n) is 3.00. The highest BCUT2D eigenvalue weighted by molar-refractivity contribution is 9.10. The summed E-state index contributed by atoms with van der Waals surface area (Å²) >= 11 is 3.34. The summed E-state index contributed by atoms with van der Waals surface area (Å²) in [6.45, 7) is 3.20.